The van der Waals surface area contributed by atoms with E-state index in [1.807, 2.05) is 11.8 Å². The zero-order valence-electron chi connectivity index (χ0n) is 30.3. The highest BCUT2D eigenvalue weighted by Gasteiger charge is 2.60. The molecule has 0 unspecified atom stereocenters. The zero-order chi connectivity index (χ0) is 36.9. The van der Waals surface area contributed by atoms with Gasteiger partial charge in [0.05, 0.1) is 56.7 Å². The van der Waals surface area contributed by atoms with E-state index in [0.717, 1.165) is 51.5 Å². The summed E-state index contributed by atoms with van der Waals surface area (Å²) in [5, 5.41) is 19.6. The summed E-state index contributed by atoms with van der Waals surface area (Å²) in [7, 11) is -1.40. The van der Waals surface area contributed by atoms with Gasteiger partial charge in [-0.15, -0.1) is 0 Å². The van der Waals surface area contributed by atoms with Crippen molar-refractivity contribution in [1.82, 2.24) is 30.0 Å². The maximum atomic E-state index is 17.2. The number of likely N-dealkylation sites (tertiary alicyclic amines) is 1. The number of ether oxygens (including phenoxy) is 3. The first-order valence-corrected chi connectivity index (χ1v) is 20.7. The monoisotopic (exact) mass is 769 g/mol. The minimum Gasteiger partial charge on any atom is -0.480 e. The number of rotatable bonds is 7. The van der Waals surface area contributed by atoms with Crippen molar-refractivity contribution in [2.75, 3.05) is 63.0 Å². The molecule has 0 bridgehead atoms. The maximum absolute atomic E-state index is 17.2. The van der Waals surface area contributed by atoms with Crippen LogP contribution < -0.4 is 14.4 Å². The number of β-amino-alcohol motifs (C(OH)–C–C–N with tert-alkyl or cyclic N) is 1. The molecule has 9 rings (SSSR count). The van der Waals surface area contributed by atoms with Gasteiger partial charge in [0, 0.05) is 45.4 Å². The number of sulfone groups is 1. The van der Waals surface area contributed by atoms with Crippen LogP contribution in [-0.4, -0.2) is 119 Å². The fourth-order valence-corrected chi connectivity index (χ4v) is 12.7. The molecule has 3 atom stereocenters. The van der Waals surface area contributed by atoms with Gasteiger partial charge in [0.1, 0.15) is 28.0 Å². The van der Waals surface area contributed by atoms with Gasteiger partial charge in [0.15, 0.2) is 15.7 Å². The summed E-state index contributed by atoms with van der Waals surface area (Å²) in [6, 6.07) is 2.48. The van der Waals surface area contributed by atoms with Gasteiger partial charge in [-0.2, -0.15) is 15.1 Å². The summed E-state index contributed by atoms with van der Waals surface area (Å²) >= 11 is 6.63. The molecule has 2 saturated carbocycles. The van der Waals surface area contributed by atoms with E-state index in [-0.39, 0.29) is 52.5 Å². The van der Waals surface area contributed by atoms with Crippen molar-refractivity contribution in [3.63, 3.8) is 0 Å². The van der Waals surface area contributed by atoms with Gasteiger partial charge in [-0.05, 0) is 70.5 Å². The number of H-pyrrole nitrogens is 1. The van der Waals surface area contributed by atoms with Crippen LogP contribution in [0.5, 0.6) is 11.9 Å². The van der Waals surface area contributed by atoms with Crippen LogP contribution in [0.4, 0.5) is 10.2 Å². The van der Waals surface area contributed by atoms with Gasteiger partial charge >= 0.3 is 6.01 Å². The van der Waals surface area contributed by atoms with Crippen LogP contribution in [0.25, 0.3) is 33.1 Å². The highest BCUT2D eigenvalue weighted by molar-refractivity contribution is 7.92. The molecule has 2 N–H and O–H groups in total. The third-order valence-corrected chi connectivity index (χ3v) is 15.0. The average molecular weight is 770 g/mol. The number of nitrogens with one attached hydrogen (secondary N) is 1. The number of pyridine rings is 1. The summed E-state index contributed by atoms with van der Waals surface area (Å²) in [4.78, 5) is 18.9. The smallest absolute Gasteiger partial charge is 0.319 e. The predicted molar refractivity (Wildman–Crippen MR) is 198 cm³/mol. The third kappa shape index (κ3) is 5.92. The Morgan fingerprint density at radius 3 is 2.74 bits per heavy atom. The molecule has 4 aromatic rings. The first-order valence-electron chi connectivity index (χ1n) is 18.5. The minimum absolute atomic E-state index is 0.0115. The highest BCUT2D eigenvalue weighted by Crippen LogP contribution is 2.56. The lowest BCUT2D eigenvalue weighted by molar-refractivity contribution is -0.0726. The van der Waals surface area contributed by atoms with Crippen molar-refractivity contribution in [1.29, 1.82) is 0 Å². The molecular weight excluding hydrogens is 725 g/mol. The quantitative estimate of drug-likeness (QED) is 0.264. The highest BCUT2D eigenvalue weighted by atomic mass is 35.5. The topological polar surface area (TPSA) is 156 Å². The van der Waals surface area contributed by atoms with Gasteiger partial charge in [-0.3, -0.25) is 10.00 Å². The summed E-state index contributed by atoms with van der Waals surface area (Å²) < 4.78 is 59.4. The van der Waals surface area contributed by atoms with E-state index in [0.29, 0.717) is 76.2 Å². The minimum atomic E-state index is -2.87. The molecule has 6 heterocycles. The van der Waals surface area contributed by atoms with E-state index in [1.165, 1.54) is 7.11 Å². The Labute approximate surface area is 312 Å². The van der Waals surface area contributed by atoms with E-state index >= 15 is 4.39 Å². The van der Waals surface area contributed by atoms with Gasteiger partial charge in [-0.25, -0.2) is 17.8 Å². The van der Waals surface area contributed by atoms with Crippen molar-refractivity contribution in [3.05, 3.63) is 28.7 Å². The molecule has 3 aliphatic heterocycles. The average Bonchev–Trinajstić information content (AvgIpc) is 3.70. The number of hydrogen-bond acceptors (Lipinski definition) is 12. The molecule has 0 amide bonds. The molecule has 1 aromatic carbocycles. The van der Waals surface area contributed by atoms with E-state index in [9.17, 15) is 13.5 Å². The van der Waals surface area contributed by atoms with Gasteiger partial charge in [0.25, 0.3) is 0 Å². The number of methoxy groups -OCH3 is 1. The number of fused-ring (bicyclic) bond motifs is 3. The number of aromatic amines is 1. The second-order valence-corrected chi connectivity index (χ2v) is 19.0. The maximum Gasteiger partial charge on any atom is 0.319 e. The van der Waals surface area contributed by atoms with E-state index in [1.54, 1.807) is 19.2 Å². The van der Waals surface area contributed by atoms with Crippen molar-refractivity contribution < 1.29 is 32.1 Å². The molecule has 0 radical (unpaired) electrons. The van der Waals surface area contributed by atoms with Crippen LogP contribution in [0.1, 0.15) is 57.4 Å². The third-order valence-electron chi connectivity index (χ3n) is 12.5. The predicted octanol–water partition coefficient (Wildman–Crippen LogP) is 4.86. The lowest BCUT2D eigenvalue weighted by Crippen LogP contribution is -2.66. The van der Waals surface area contributed by atoms with Crippen LogP contribution in [0.15, 0.2) is 12.3 Å². The number of nitrogens with zero attached hydrogens (tertiary/aromatic N) is 6. The number of halogens is 2. The van der Waals surface area contributed by atoms with Crippen molar-refractivity contribution in [2.45, 2.75) is 76.5 Å². The van der Waals surface area contributed by atoms with Gasteiger partial charge in [-0.1, -0.05) is 18.0 Å². The van der Waals surface area contributed by atoms with E-state index in [2.05, 4.69) is 15.1 Å². The molecule has 3 saturated heterocycles. The molecule has 13 nitrogen and oxygen atoms in total. The van der Waals surface area contributed by atoms with Gasteiger partial charge in [0.2, 0.25) is 5.88 Å². The molecule has 53 heavy (non-hydrogen) atoms. The number of aromatic nitrogens is 5. The summed E-state index contributed by atoms with van der Waals surface area (Å²) in [6.07, 6.45) is 8.65. The van der Waals surface area contributed by atoms with E-state index in [4.69, 9.17) is 40.8 Å². The second-order valence-electron chi connectivity index (χ2n) is 16.5. The summed E-state index contributed by atoms with van der Waals surface area (Å²) in [5.41, 5.74) is 0.370. The fraction of sp³-hybridized carbons (Fsp3) is 0.622. The largest absolute Gasteiger partial charge is 0.480 e. The number of hydrogen-bond donors (Lipinski definition) is 2. The first kappa shape index (κ1) is 35.3. The molecule has 16 heteroatoms. The SMILES string of the molecule is COc1nc(-c2c(C)c(Cl)cc3[nH]ncc23)c(F)c2nc(OC[C@]34CCC[C@H]3N(C3CC5(C3)CS(=O)(=O)C5)CCC4)nc(N3CCOC[C@@](C)(O)C3)c12. The lowest BCUT2D eigenvalue weighted by atomic mass is 9.64. The zero-order valence-corrected chi connectivity index (χ0v) is 31.8. The number of aliphatic hydroxyl groups is 1. The van der Waals surface area contributed by atoms with Crippen molar-refractivity contribution in [2.24, 2.45) is 10.8 Å². The summed E-state index contributed by atoms with van der Waals surface area (Å²) in [5.74, 6) is 0.423. The molecular formula is C37H45ClFN7O6S. The van der Waals surface area contributed by atoms with Crippen LogP contribution in [-0.2, 0) is 14.6 Å². The molecule has 1 spiro atoms. The Morgan fingerprint density at radius 2 is 1.96 bits per heavy atom. The van der Waals surface area contributed by atoms with Crippen LogP contribution in [0.2, 0.25) is 5.02 Å². The van der Waals surface area contributed by atoms with E-state index < -0.39 is 21.3 Å². The second kappa shape index (κ2) is 12.6. The van der Waals surface area contributed by atoms with Crippen molar-refractivity contribution >= 4 is 49.1 Å². The lowest BCUT2D eigenvalue weighted by Gasteiger charge is -2.60. The molecule has 2 aliphatic carbocycles. The van der Waals surface area contributed by atoms with Gasteiger partial charge < -0.3 is 24.2 Å². The number of anilines is 1. The Morgan fingerprint density at radius 1 is 1.17 bits per heavy atom. The molecule has 5 fully saturated rings. The Balaban J connectivity index is 1.11. The number of benzene rings is 1. The van der Waals surface area contributed by atoms with Crippen LogP contribution in [0, 0.1) is 23.6 Å². The standard InChI is InChI=1S/C37H45ClFN7O6S/c1-21-24(38)12-25-23(15-40-44-25)27(21)30-29(39)31-28(33(41-30)50-3)32(45-10-11-51-17-35(2,47)16-45)43-34(42-31)52-18-37-7-4-6-26(37)46(9-5-8-37)22-13-36(14-22)19-53(48,49)20-36/h12,15,22,26,47H,4-11,13-14,16-20H2,1-3H3,(H,40,44)/t26-,35+,37-/m1/s1. The first-order chi connectivity index (χ1) is 25.3. The fourth-order valence-electron chi connectivity index (χ4n) is 10.2. The summed E-state index contributed by atoms with van der Waals surface area (Å²) in [6.45, 7) is 5.87. The molecule has 284 valence electrons. The van der Waals surface area contributed by atoms with Crippen LogP contribution in [0.3, 0.4) is 0 Å². The van der Waals surface area contributed by atoms with Crippen LogP contribution >= 0.6 is 11.6 Å². The normalized spacial score (nSPS) is 28.5. The van der Waals surface area contributed by atoms with Crippen molar-refractivity contribution in [3.8, 4) is 23.1 Å². The number of piperidine rings is 1. The molecule has 5 aliphatic rings. The molecule has 3 aromatic heterocycles. The Bertz CT molecular complexity index is 2220. The Kier molecular flexibility index (Phi) is 8.39. The Hall–Kier alpha value is -3.37.